The van der Waals surface area contributed by atoms with Crippen LogP contribution in [0.15, 0.2) is 29.1 Å². The summed E-state index contributed by atoms with van der Waals surface area (Å²) in [7, 11) is 0. The number of pyridine rings is 1. The maximum absolute atomic E-state index is 12.9. The Morgan fingerprint density at radius 1 is 1.15 bits per heavy atom. The summed E-state index contributed by atoms with van der Waals surface area (Å²) in [4.78, 5) is 15.3. The van der Waals surface area contributed by atoms with Crippen molar-refractivity contribution in [1.82, 2.24) is 14.8 Å². The summed E-state index contributed by atoms with van der Waals surface area (Å²) >= 11 is 0. The number of hydrogen-bond donors (Lipinski definition) is 1. The molecule has 5 heteroatoms. The molecule has 1 aromatic carbocycles. The second kappa shape index (κ2) is 9.31. The van der Waals surface area contributed by atoms with Gasteiger partial charge in [-0.3, -0.25) is 9.69 Å². The molecule has 142 valence electrons. The van der Waals surface area contributed by atoms with Crippen molar-refractivity contribution in [3.63, 3.8) is 0 Å². The van der Waals surface area contributed by atoms with Crippen LogP contribution in [0.25, 0.3) is 10.9 Å². The number of aryl methyl sites for hydroxylation is 2. The summed E-state index contributed by atoms with van der Waals surface area (Å²) in [5.74, 6) is 0. The van der Waals surface area contributed by atoms with Gasteiger partial charge in [-0.05, 0) is 55.9 Å². The van der Waals surface area contributed by atoms with Crippen LogP contribution in [0.3, 0.4) is 0 Å². The molecule has 0 bridgehead atoms. The van der Waals surface area contributed by atoms with E-state index >= 15 is 0 Å². The van der Waals surface area contributed by atoms with Crippen LogP contribution in [-0.4, -0.2) is 48.9 Å². The van der Waals surface area contributed by atoms with Gasteiger partial charge < -0.3 is 14.6 Å². The molecule has 2 aromatic rings. The first-order chi connectivity index (χ1) is 12.7. The molecule has 3 rings (SSSR count). The molecule has 0 unspecified atom stereocenters. The molecule has 1 N–H and O–H groups in total. The van der Waals surface area contributed by atoms with Crippen molar-refractivity contribution in [2.45, 2.75) is 39.8 Å². The van der Waals surface area contributed by atoms with Gasteiger partial charge in [0.05, 0.1) is 18.7 Å². The second-order valence-corrected chi connectivity index (χ2v) is 7.17. The first kappa shape index (κ1) is 19.1. The summed E-state index contributed by atoms with van der Waals surface area (Å²) in [6.45, 7) is 11.4. The number of benzene rings is 1. The Balaban J connectivity index is 1.63. The molecule has 5 nitrogen and oxygen atoms in total. The van der Waals surface area contributed by atoms with Gasteiger partial charge in [0.15, 0.2) is 0 Å². The van der Waals surface area contributed by atoms with Crippen LogP contribution < -0.4 is 10.9 Å². The number of morpholine rings is 1. The molecule has 1 fully saturated rings. The Morgan fingerprint density at radius 2 is 1.96 bits per heavy atom. The molecule has 1 aromatic heterocycles. The van der Waals surface area contributed by atoms with Gasteiger partial charge in [0.25, 0.3) is 5.56 Å². The Bertz CT molecular complexity index is 779. The van der Waals surface area contributed by atoms with Crippen molar-refractivity contribution in [1.29, 1.82) is 0 Å². The van der Waals surface area contributed by atoms with E-state index in [0.29, 0.717) is 6.54 Å². The highest BCUT2D eigenvalue weighted by molar-refractivity contribution is 5.80. The number of nitrogens with one attached hydrogen (secondary N) is 1. The third-order valence-corrected chi connectivity index (χ3v) is 5.02. The van der Waals surface area contributed by atoms with Gasteiger partial charge in [-0.25, -0.2) is 0 Å². The van der Waals surface area contributed by atoms with Gasteiger partial charge in [0.2, 0.25) is 0 Å². The second-order valence-electron chi connectivity index (χ2n) is 7.17. The average molecular weight is 357 g/mol. The van der Waals surface area contributed by atoms with Gasteiger partial charge in [-0.2, -0.15) is 0 Å². The third-order valence-electron chi connectivity index (χ3n) is 5.02. The van der Waals surface area contributed by atoms with E-state index in [2.05, 4.69) is 48.3 Å². The molecule has 0 radical (unpaired) electrons. The number of hydrogen-bond acceptors (Lipinski definition) is 4. The standard InChI is InChI=1S/C21H31N3O2/c1-3-8-24-20-14-17(2)5-6-18(20)15-19(21(24)25)16-22-7-4-9-23-10-12-26-13-11-23/h5-6,14-15,22H,3-4,7-13,16H2,1-2H3. The van der Waals surface area contributed by atoms with Gasteiger partial charge in [0.1, 0.15) is 0 Å². The van der Waals surface area contributed by atoms with Crippen LogP contribution in [0.1, 0.15) is 30.9 Å². The largest absolute Gasteiger partial charge is 0.379 e. The highest BCUT2D eigenvalue weighted by Gasteiger charge is 2.11. The normalized spacial score (nSPS) is 15.6. The first-order valence-corrected chi connectivity index (χ1v) is 9.83. The predicted molar refractivity (Wildman–Crippen MR) is 107 cm³/mol. The fraction of sp³-hybridized carbons (Fsp3) is 0.571. The SMILES string of the molecule is CCCn1c(=O)c(CNCCCN2CCOCC2)cc2ccc(C)cc21. The zero-order valence-corrected chi connectivity index (χ0v) is 16.1. The minimum atomic E-state index is 0.144. The zero-order chi connectivity index (χ0) is 18.4. The van der Waals surface area contributed by atoms with Gasteiger partial charge in [0, 0.05) is 31.7 Å². The number of rotatable bonds is 8. The Morgan fingerprint density at radius 3 is 2.73 bits per heavy atom. The summed E-state index contributed by atoms with van der Waals surface area (Å²) in [6, 6.07) is 8.41. The van der Waals surface area contributed by atoms with Crippen LogP contribution in [0.2, 0.25) is 0 Å². The summed E-state index contributed by atoms with van der Waals surface area (Å²) < 4.78 is 7.31. The molecule has 0 atom stereocenters. The molecule has 26 heavy (non-hydrogen) atoms. The number of nitrogens with zero attached hydrogens (tertiary/aromatic N) is 2. The molecule has 1 aliphatic heterocycles. The summed E-state index contributed by atoms with van der Waals surface area (Å²) in [5, 5.41) is 4.60. The van der Waals surface area contributed by atoms with Crippen LogP contribution in [-0.2, 0) is 17.8 Å². The molecule has 1 aliphatic rings. The van der Waals surface area contributed by atoms with E-state index in [-0.39, 0.29) is 5.56 Å². The monoisotopic (exact) mass is 357 g/mol. The lowest BCUT2D eigenvalue weighted by Crippen LogP contribution is -2.37. The van der Waals surface area contributed by atoms with Crippen molar-refractivity contribution in [3.05, 3.63) is 45.7 Å². The van der Waals surface area contributed by atoms with Crippen molar-refractivity contribution in [2.75, 3.05) is 39.4 Å². The molecule has 2 heterocycles. The molecule has 0 aliphatic carbocycles. The van der Waals surface area contributed by atoms with Crippen molar-refractivity contribution >= 4 is 10.9 Å². The fourth-order valence-corrected chi connectivity index (χ4v) is 3.59. The van der Waals surface area contributed by atoms with Crippen molar-refractivity contribution < 1.29 is 4.74 Å². The van der Waals surface area contributed by atoms with Gasteiger partial charge in [-0.15, -0.1) is 0 Å². The fourth-order valence-electron chi connectivity index (χ4n) is 3.59. The van der Waals surface area contributed by atoms with E-state index in [4.69, 9.17) is 4.74 Å². The Kier molecular flexibility index (Phi) is 6.83. The number of aromatic nitrogens is 1. The summed E-state index contributed by atoms with van der Waals surface area (Å²) in [5.41, 5.74) is 3.25. The Hall–Kier alpha value is -1.69. The number of fused-ring (bicyclic) bond motifs is 1. The quantitative estimate of drug-likeness (QED) is 0.738. The highest BCUT2D eigenvalue weighted by Crippen LogP contribution is 2.16. The van der Waals surface area contributed by atoms with E-state index in [0.717, 1.165) is 75.2 Å². The van der Waals surface area contributed by atoms with Gasteiger partial charge in [-0.1, -0.05) is 19.1 Å². The molecule has 0 saturated carbocycles. The zero-order valence-electron chi connectivity index (χ0n) is 16.1. The topological polar surface area (TPSA) is 46.5 Å². The smallest absolute Gasteiger partial charge is 0.255 e. The van der Waals surface area contributed by atoms with Crippen LogP contribution >= 0.6 is 0 Å². The lowest BCUT2D eigenvalue weighted by Gasteiger charge is -2.26. The van der Waals surface area contributed by atoms with Crippen molar-refractivity contribution in [3.8, 4) is 0 Å². The van der Waals surface area contributed by atoms with Crippen LogP contribution in [0, 0.1) is 6.92 Å². The van der Waals surface area contributed by atoms with E-state index < -0.39 is 0 Å². The number of ether oxygens (including phenoxy) is 1. The lowest BCUT2D eigenvalue weighted by atomic mass is 10.1. The maximum Gasteiger partial charge on any atom is 0.255 e. The molecular weight excluding hydrogens is 326 g/mol. The lowest BCUT2D eigenvalue weighted by molar-refractivity contribution is 0.0374. The predicted octanol–water partition coefficient (Wildman–Crippen LogP) is 2.53. The molecule has 0 amide bonds. The van der Waals surface area contributed by atoms with E-state index in [9.17, 15) is 4.79 Å². The highest BCUT2D eigenvalue weighted by atomic mass is 16.5. The van der Waals surface area contributed by atoms with E-state index in [1.807, 2.05) is 4.57 Å². The Labute approximate surface area is 156 Å². The molecule has 1 saturated heterocycles. The van der Waals surface area contributed by atoms with Crippen LogP contribution in [0.5, 0.6) is 0 Å². The first-order valence-electron chi connectivity index (χ1n) is 9.83. The maximum atomic E-state index is 12.9. The molecule has 0 spiro atoms. The minimum absolute atomic E-state index is 0.144. The minimum Gasteiger partial charge on any atom is -0.379 e. The van der Waals surface area contributed by atoms with Crippen LogP contribution in [0.4, 0.5) is 0 Å². The average Bonchev–Trinajstić information content (AvgIpc) is 2.66. The molecular formula is C21H31N3O2. The third kappa shape index (κ3) is 4.72. The van der Waals surface area contributed by atoms with Gasteiger partial charge >= 0.3 is 0 Å². The summed E-state index contributed by atoms with van der Waals surface area (Å²) in [6.07, 6.45) is 2.05. The van der Waals surface area contributed by atoms with E-state index in [1.54, 1.807) is 0 Å². The van der Waals surface area contributed by atoms with E-state index in [1.165, 1.54) is 5.56 Å². The van der Waals surface area contributed by atoms with Crippen molar-refractivity contribution in [2.24, 2.45) is 0 Å².